The standard InChI is InChI=1S/C14H16F3NO2.ClH/c15-14(16,17)12-4-2-1-3-11(12)9-18-7-5-10(6-8-18)13(19)20;/h1-4,10H,5-9H2,(H,19,20);1H. The van der Waals surface area contributed by atoms with E-state index < -0.39 is 17.7 Å². The zero-order chi connectivity index (χ0) is 14.8. The Hall–Kier alpha value is -1.27. The Labute approximate surface area is 127 Å². The van der Waals surface area contributed by atoms with Crippen LogP contribution in [0, 0.1) is 5.92 Å². The number of rotatable bonds is 3. The van der Waals surface area contributed by atoms with E-state index in [1.54, 1.807) is 6.07 Å². The number of benzene rings is 1. The molecule has 7 heteroatoms. The van der Waals surface area contributed by atoms with Crippen molar-refractivity contribution in [3.8, 4) is 0 Å². The molecular weight excluding hydrogens is 307 g/mol. The second-order valence-electron chi connectivity index (χ2n) is 5.04. The van der Waals surface area contributed by atoms with Gasteiger partial charge in [-0.15, -0.1) is 12.4 Å². The van der Waals surface area contributed by atoms with Crippen molar-refractivity contribution in [3.05, 3.63) is 35.4 Å². The van der Waals surface area contributed by atoms with Crippen molar-refractivity contribution in [3.63, 3.8) is 0 Å². The summed E-state index contributed by atoms with van der Waals surface area (Å²) in [5.74, 6) is -1.19. The lowest BCUT2D eigenvalue weighted by Gasteiger charge is -2.30. The van der Waals surface area contributed by atoms with Crippen LogP contribution in [0.1, 0.15) is 24.0 Å². The molecule has 1 aromatic rings. The molecule has 0 amide bonds. The van der Waals surface area contributed by atoms with E-state index in [9.17, 15) is 18.0 Å². The molecule has 0 radical (unpaired) electrons. The topological polar surface area (TPSA) is 40.5 Å². The third kappa shape index (κ3) is 4.61. The van der Waals surface area contributed by atoms with Gasteiger partial charge in [-0.3, -0.25) is 9.69 Å². The van der Waals surface area contributed by atoms with E-state index in [-0.39, 0.29) is 30.4 Å². The Morgan fingerprint density at radius 3 is 2.33 bits per heavy atom. The second kappa shape index (κ2) is 7.13. The highest BCUT2D eigenvalue weighted by atomic mass is 35.5. The van der Waals surface area contributed by atoms with Crippen molar-refractivity contribution in [2.45, 2.75) is 25.6 Å². The van der Waals surface area contributed by atoms with E-state index in [0.29, 0.717) is 25.9 Å². The average molecular weight is 324 g/mol. The number of hydrogen-bond acceptors (Lipinski definition) is 2. The normalized spacial score (nSPS) is 17.3. The number of piperidine rings is 1. The third-order valence-electron chi connectivity index (χ3n) is 3.65. The van der Waals surface area contributed by atoms with Crippen LogP contribution in [0.3, 0.4) is 0 Å². The van der Waals surface area contributed by atoms with E-state index in [0.717, 1.165) is 6.07 Å². The maximum Gasteiger partial charge on any atom is 0.416 e. The summed E-state index contributed by atoms with van der Waals surface area (Å²) in [5, 5.41) is 8.90. The molecule has 1 fully saturated rings. The minimum Gasteiger partial charge on any atom is -0.481 e. The van der Waals surface area contributed by atoms with Crippen LogP contribution in [0.5, 0.6) is 0 Å². The van der Waals surface area contributed by atoms with Crippen LogP contribution in [-0.2, 0) is 17.5 Å². The van der Waals surface area contributed by atoms with Gasteiger partial charge in [0.1, 0.15) is 0 Å². The van der Waals surface area contributed by atoms with E-state index in [4.69, 9.17) is 5.11 Å². The van der Waals surface area contributed by atoms with Gasteiger partial charge in [-0.2, -0.15) is 13.2 Å². The molecule has 1 aliphatic heterocycles. The van der Waals surface area contributed by atoms with Crippen LogP contribution < -0.4 is 0 Å². The summed E-state index contributed by atoms with van der Waals surface area (Å²) in [6, 6.07) is 5.53. The van der Waals surface area contributed by atoms with Crippen molar-refractivity contribution in [1.82, 2.24) is 4.90 Å². The minimum atomic E-state index is -4.35. The Kier molecular flexibility index (Phi) is 6.04. The Bertz CT molecular complexity index is 485. The van der Waals surface area contributed by atoms with Gasteiger partial charge in [-0.25, -0.2) is 0 Å². The fraction of sp³-hybridized carbons (Fsp3) is 0.500. The number of nitrogens with zero attached hydrogens (tertiary/aromatic N) is 1. The summed E-state index contributed by atoms with van der Waals surface area (Å²) in [4.78, 5) is 12.7. The lowest BCUT2D eigenvalue weighted by atomic mass is 9.96. The summed E-state index contributed by atoms with van der Waals surface area (Å²) in [6.45, 7) is 1.24. The number of alkyl halides is 3. The molecule has 2 rings (SSSR count). The number of halogens is 4. The number of carboxylic acid groups (broad SMARTS) is 1. The zero-order valence-electron chi connectivity index (χ0n) is 11.3. The average Bonchev–Trinajstić information content (AvgIpc) is 2.38. The van der Waals surface area contributed by atoms with Gasteiger partial charge in [0.2, 0.25) is 0 Å². The Balaban J connectivity index is 0.00000220. The molecule has 1 heterocycles. The first-order valence-electron chi connectivity index (χ1n) is 6.48. The summed E-state index contributed by atoms with van der Waals surface area (Å²) in [7, 11) is 0. The van der Waals surface area contributed by atoms with E-state index in [1.807, 2.05) is 4.90 Å². The fourth-order valence-electron chi connectivity index (χ4n) is 2.51. The summed E-state index contributed by atoms with van der Waals surface area (Å²) in [6.07, 6.45) is -3.37. The monoisotopic (exact) mass is 323 g/mol. The quantitative estimate of drug-likeness (QED) is 0.926. The Morgan fingerprint density at radius 1 is 1.24 bits per heavy atom. The smallest absolute Gasteiger partial charge is 0.416 e. The minimum absolute atomic E-state index is 0. The van der Waals surface area contributed by atoms with Crippen LogP contribution in [0.2, 0.25) is 0 Å². The first-order chi connectivity index (χ1) is 9.38. The summed E-state index contributed by atoms with van der Waals surface area (Å²) < 4.78 is 38.6. The Morgan fingerprint density at radius 2 is 1.81 bits per heavy atom. The van der Waals surface area contributed by atoms with E-state index >= 15 is 0 Å². The van der Waals surface area contributed by atoms with Crippen LogP contribution in [0.15, 0.2) is 24.3 Å². The molecule has 0 saturated carbocycles. The number of hydrogen-bond donors (Lipinski definition) is 1. The van der Waals surface area contributed by atoms with Crippen molar-refractivity contribution in [2.75, 3.05) is 13.1 Å². The van der Waals surface area contributed by atoms with Gasteiger partial charge >= 0.3 is 12.1 Å². The molecule has 1 saturated heterocycles. The molecule has 118 valence electrons. The molecule has 21 heavy (non-hydrogen) atoms. The molecule has 1 N–H and O–H groups in total. The molecule has 0 aliphatic carbocycles. The van der Waals surface area contributed by atoms with Gasteiger partial charge in [-0.1, -0.05) is 18.2 Å². The SMILES string of the molecule is Cl.O=C(O)C1CCN(Cc2ccccc2C(F)(F)F)CC1. The predicted molar refractivity (Wildman–Crippen MR) is 74.3 cm³/mol. The largest absolute Gasteiger partial charge is 0.481 e. The fourth-order valence-corrected chi connectivity index (χ4v) is 2.51. The van der Waals surface area contributed by atoms with Crippen molar-refractivity contribution in [2.24, 2.45) is 5.92 Å². The lowest BCUT2D eigenvalue weighted by Crippen LogP contribution is -2.36. The maximum atomic E-state index is 12.9. The summed E-state index contributed by atoms with van der Waals surface area (Å²) >= 11 is 0. The van der Waals surface area contributed by atoms with Crippen LogP contribution in [-0.4, -0.2) is 29.1 Å². The van der Waals surface area contributed by atoms with E-state index in [1.165, 1.54) is 12.1 Å². The van der Waals surface area contributed by atoms with Crippen molar-refractivity contribution in [1.29, 1.82) is 0 Å². The van der Waals surface area contributed by atoms with Crippen molar-refractivity contribution >= 4 is 18.4 Å². The highest BCUT2D eigenvalue weighted by molar-refractivity contribution is 5.85. The number of aliphatic carboxylic acids is 1. The van der Waals surface area contributed by atoms with Gasteiger partial charge in [0.25, 0.3) is 0 Å². The molecule has 0 atom stereocenters. The molecule has 1 aromatic carbocycles. The zero-order valence-corrected chi connectivity index (χ0v) is 12.1. The van der Waals surface area contributed by atoms with Crippen LogP contribution >= 0.6 is 12.4 Å². The third-order valence-corrected chi connectivity index (χ3v) is 3.65. The number of carboxylic acids is 1. The van der Waals surface area contributed by atoms with Gasteiger partial charge in [0.15, 0.2) is 0 Å². The first kappa shape index (κ1) is 17.8. The number of carbonyl (C=O) groups is 1. The molecule has 1 aliphatic rings. The lowest BCUT2D eigenvalue weighted by molar-refractivity contribution is -0.143. The van der Waals surface area contributed by atoms with Gasteiger partial charge in [0.05, 0.1) is 11.5 Å². The molecular formula is C14H17ClF3NO2. The van der Waals surface area contributed by atoms with Crippen LogP contribution in [0.4, 0.5) is 13.2 Å². The molecule has 0 spiro atoms. The van der Waals surface area contributed by atoms with Gasteiger partial charge in [0, 0.05) is 6.54 Å². The second-order valence-corrected chi connectivity index (χ2v) is 5.04. The first-order valence-corrected chi connectivity index (χ1v) is 6.48. The van der Waals surface area contributed by atoms with E-state index in [2.05, 4.69) is 0 Å². The molecule has 0 aromatic heterocycles. The van der Waals surface area contributed by atoms with Gasteiger partial charge in [-0.05, 0) is 37.6 Å². The van der Waals surface area contributed by atoms with Crippen LogP contribution in [0.25, 0.3) is 0 Å². The van der Waals surface area contributed by atoms with Crippen molar-refractivity contribution < 1.29 is 23.1 Å². The highest BCUT2D eigenvalue weighted by Crippen LogP contribution is 2.32. The van der Waals surface area contributed by atoms with Gasteiger partial charge < -0.3 is 5.11 Å². The number of likely N-dealkylation sites (tertiary alicyclic amines) is 1. The molecule has 0 bridgehead atoms. The summed E-state index contributed by atoms with van der Waals surface area (Å²) in [5.41, 5.74) is -0.367. The highest BCUT2D eigenvalue weighted by Gasteiger charge is 2.33. The maximum absolute atomic E-state index is 12.9. The molecule has 3 nitrogen and oxygen atoms in total. The predicted octanol–water partition coefficient (Wildman–Crippen LogP) is 3.42. The molecule has 0 unspecified atom stereocenters.